The van der Waals surface area contributed by atoms with Crippen molar-refractivity contribution >= 4 is 17.7 Å². The number of nitro benzene ring substituents is 1. The van der Waals surface area contributed by atoms with Crippen LogP contribution in [0.25, 0.3) is 0 Å². The number of nitro groups is 1. The van der Waals surface area contributed by atoms with Gasteiger partial charge in [0.25, 0.3) is 0 Å². The number of carbonyl (C=O) groups is 2. The van der Waals surface area contributed by atoms with Crippen LogP contribution in [-0.4, -0.2) is 33.5 Å². The van der Waals surface area contributed by atoms with Crippen LogP contribution >= 0.6 is 0 Å². The lowest BCUT2D eigenvalue weighted by Crippen LogP contribution is -2.43. The largest absolute Gasteiger partial charge is 0.443 e. The lowest BCUT2D eigenvalue weighted by Gasteiger charge is -2.27. The molecule has 1 heterocycles. The van der Waals surface area contributed by atoms with Crippen LogP contribution < -0.4 is 0 Å². The maximum atomic E-state index is 13.7. The van der Waals surface area contributed by atoms with Gasteiger partial charge in [0, 0.05) is 18.5 Å². The topological polar surface area (TPSA) is 89.8 Å². The van der Waals surface area contributed by atoms with E-state index in [1.165, 1.54) is 6.07 Å². The van der Waals surface area contributed by atoms with E-state index >= 15 is 0 Å². The molecule has 1 atom stereocenters. The van der Waals surface area contributed by atoms with Crippen molar-refractivity contribution in [3.8, 4) is 0 Å². The lowest BCUT2D eigenvalue weighted by molar-refractivity contribution is -0.387. The van der Waals surface area contributed by atoms with Crippen LogP contribution in [-0.2, 0) is 16.0 Å². The Balaban J connectivity index is 2.16. The third-order valence-corrected chi connectivity index (χ3v) is 3.60. The Bertz CT molecular complexity index is 684. The molecule has 0 N–H and O–H groups in total. The van der Waals surface area contributed by atoms with Crippen molar-refractivity contribution in [2.45, 2.75) is 51.7 Å². The highest BCUT2D eigenvalue weighted by Gasteiger charge is 2.38. The molecule has 2 amide bonds. The summed E-state index contributed by atoms with van der Waals surface area (Å²) in [5, 5.41) is 10.6. The summed E-state index contributed by atoms with van der Waals surface area (Å²) in [5.74, 6) is -1.28. The first-order valence-electron chi connectivity index (χ1n) is 7.56. The predicted molar refractivity (Wildman–Crippen MR) is 82.9 cm³/mol. The predicted octanol–water partition coefficient (Wildman–Crippen LogP) is 3.20. The van der Waals surface area contributed by atoms with Gasteiger partial charge in [0.2, 0.25) is 11.7 Å². The van der Waals surface area contributed by atoms with Crippen LogP contribution in [0.3, 0.4) is 0 Å². The third kappa shape index (κ3) is 4.06. The molecule has 0 unspecified atom stereocenters. The van der Waals surface area contributed by atoms with Gasteiger partial charge in [0.1, 0.15) is 5.60 Å². The Morgan fingerprint density at radius 2 is 2.12 bits per heavy atom. The first kappa shape index (κ1) is 17.8. The van der Waals surface area contributed by atoms with Crippen LogP contribution in [0.15, 0.2) is 18.2 Å². The molecule has 2 rings (SSSR count). The van der Waals surface area contributed by atoms with Crippen molar-refractivity contribution < 1.29 is 23.6 Å². The summed E-state index contributed by atoms with van der Waals surface area (Å²) in [5.41, 5.74) is -0.860. The van der Waals surface area contributed by atoms with Crippen LogP contribution in [0.4, 0.5) is 14.9 Å². The highest BCUT2D eigenvalue weighted by molar-refractivity contribution is 5.94. The number of hydrogen-bond acceptors (Lipinski definition) is 5. The normalized spacial score (nSPS) is 17.9. The maximum absolute atomic E-state index is 13.7. The van der Waals surface area contributed by atoms with Crippen LogP contribution in [0, 0.1) is 15.9 Å². The molecule has 1 aromatic rings. The molecular weight excluding hydrogens is 319 g/mol. The van der Waals surface area contributed by atoms with Gasteiger partial charge in [-0.25, -0.2) is 9.69 Å². The van der Waals surface area contributed by atoms with E-state index in [2.05, 4.69) is 0 Å². The summed E-state index contributed by atoms with van der Waals surface area (Å²) in [6.45, 7) is 5.10. The average molecular weight is 338 g/mol. The van der Waals surface area contributed by atoms with Gasteiger partial charge in [0.15, 0.2) is 0 Å². The summed E-state index contributed by atoms with van der Waals surface area (Å²) < 4.78 is 19.0. The summed E-state index contributed by atoms with van der Waals surface area (Å²) >= 11 is 0. The number of benzene rings is 1. The molecule has 0 aromatic heterocycles. The molecule has 1 fully saturated rings. The minimum absolute atomic E-state index is 0.208. The fourth-order valence-electron chi connectivity index (χ4n) is 2.60. The molecule has 0 saturated carbocycles. The van der Waals surface area contributed by atoms with Gasteiger partial charge in [0.05, 0.1) is 4.92 Å². The smallest absolute Gasteiger partial charge is 0.417 e. The van der Waals surface area contributed by atoms with Gasteiger partial charge < -0.3 is 4.74 Å². The zero-order valence-corrected chi connectivity index (χ0v) is 13.7. The van der Waals surface area contributed by atoms with Gasteiger partial charge in [-0.15, -0.1) is 0 Å². The van der Waals surface area contributed by atoms with E-state index in [0.29, 0.717) is 12.0 Å². The highest BCUT2D eigenvalue weighted by atomic mass is 19.1. The molecule has 7 nitrogen and oxygen atoms in total. The summed E-state index contributed by atoms with van der Waals surface area (Å²) in [6, 6.07) is 3.12. The molecule has 24 heavy (non-hydrogen) atoms. The zero-order chi connectivity index (χ0) is 18.1. The summed E-state index contributed by atoms with van der Waals surface area (Å²) in [7, 11) is 0. The number of carbonyl (C=O) groups excluding carboxylic acids is 2. The van der Waals surface area contributed by atoms with Crippen molar-refractivity contribution in [2.75, 3.05) is 0 Å². The van der Waals surface area contributed by atoms with Crippen molar-refractivity contribution in [1.29, 1.82) is 0 Å². The molecule has 0 bridgehead atoms. The van der Waals surface area contributed by atoms with Crippen LogP contribution in [0.5, 0.6) is 0 Å². The second-order valence-corrected chi connectivity index (χ2v) is 6.68. The van der Waals surface area contributed by atoms with Crippen molar-refractivity contribution in [2.24, 2.45) is 0 Å². The number of likely N-dealkylation sites (tertiary alicyclic amines) is 1. The summed E-state index contributed by atoms with van der Waals surface area (Å²) in [4.78, 5) is 35.1. The minimum Gasteiger partial charge on any atom is -0.443 e. The van der Waals surface area contributed by atoms with Gasteiger partial charge in [-0.05, 0) is 45.2 Å². The molecular formula is C16H19FN2O5. The van der Waals surface area contributed by atoms with Crippen molar-refractivity contribution in [3.63, 3.8) is 0 Å². The lowest BCUT2D eigenvalue weighted by atomic mass is 10.0. The Morgan fingerprint density at radius 1 is 1.46 bits per heavy atom. The third-order valence-electron chi connectivity index (χ3n) is 3.60. The Kier molecular flexibility index (Phi) is 4.86. The Hall–Kier alpha value is -2.51. The molecule has 1 aromatic carbocycles. The standard InChI is InChI=1S/C16H19FN2O5/c1-16(2,3)24-15(21)18-11(5-7-14(18)20)8-10-4-6-13(19(22)23)12(17)9-10/h4,6,9,11H,5,7-8H2,1-3H3/t11-/m0/s1. The van der Waals surface area contributed by atoms with E-state index in [4.69, 9.17) is 4.74 Å². The summed E-state index contributed by atoms with van der Waals surface area (Å²) in [6.07, 6.45) is 0.146. The monoisotopic (exact) mass is 338 g/mol. The number of nitrogens with zero attached hydrogens (tertiary/aromatic N) is 2. The van der Waals surface area contributed by atoms with Gasteiger partial charge >= 0.3 is 11.8 Å². The van der Waals surface area contributed by atoms with Crippen LogP contribution in [0.1, 0.15) is 39.2 Å². The van der Waals surface area contributed by atoms with Gasteiger partial charge in [-0.3, -0.25) is 14.9 Å². The van der Waals surface area contributed by atoms with E-state index in [9.17, 15) is 24.1 Å². The zero-order valence-electron chi connectivity index (χ0n) is 13.7. The molecule has 8 heteroatoms. The second kappa shape index (κ2) is 6.54. The SMILES string of the molecule is CC(C)(C)OC(=O)N1C(=O)CC[C@H]1Cc1ccc([N+](=O)[O-])c(F)c1. The number of amides is 2. The van der Waals surface area contributed by atoms with E-state index < -0.39 is 34.2 Å². The van der Waals surface area contributed by atoms with Crippen molar-refractivity contribution in [3.05, 3.63) is 39.7 Å². The molecule has 0 aliphatic carbocycles. The molecule has 0 radical (unpaired) electrons. The number of imide groups is 1. The second-order valence-electron chi connectivity index (χ2n) is 6.68. The fourth-order valence-corrected chi connectivity index (χ4v) is 2.60. The average Bonchev–Trinajstić information content (AvgIpc) is 2.77. The van der Waals surface area contributed by atoms with Crippen molar-refractivity contribution in [1.82, 2.24) is 4.90 Å². The highest BCUT2D eigenvalue weighted by Crippen LogP contribution is 2.26. The van der Waals surface area contributed by atoms with Crippen LogP contribution in [0.2, 0.25) is 0 Å². The van der Waals surface area contributed by atoms with Gasteiger partial charge in [-0.2, -0.15) is 4.39 Å². The van der Waals surface area contributed by atoms with E-state index in [1.54, 1.807) is 20.8 Å². The number of hydrogen-bond donors (Lipinski definition) is 0. The molecule has 130 valence electrons. The number of halogens is 1. The molecule has 1 aliphatic heterocycles. The Labute approximate surface area is 138 Å². The minimum atomic E-state index is -0.939. The van der Waals surface area contributed by atoms with Gasteiger partial charge in [-0.1, -0.05) is 6.07 Å². The number of ether oxygens (including phenoxy) is 1. The Morgan fingerprint density at radius 3 is 2.67 bits per heavy atom. The quantitative estimate of drug-likeness (QED) is 0.623. The van der Waals surface area contributed by atoms with E-state index in [1.807, 2.05) is 0 Å². The maximum Gasteiger partial charge on any atom is 0.417 e. The first-order valence-corrected chi connectivity index (χ1v) is 7.56. The molecule has 1 aliphatic rings. The van der Waals surface area contributed by atoms with E-state index in [-0.39, 0.29) is 18.7 Å². The molecule has 1 saturated heterocycles. The first-order chi connectivity index (χ1) is 11.1. The molecule has 0 spiro atoms. The van der Waals surface area contributed by atoms with E-state index in [0.717, 1.165) is 17.0 Å². The number of rotatable bonds is 3. The fraction of sp³-hybridized carbons (Fsp3) is 0.500.